The van der Waals surface area contributed by atoms with Crippen molar-refractivity contribution in [3.05, 3.63) is 50.5 Å². The summed E-state index contributed by atoms with van der Waals surface area (Å²) in [4.78, 5) is 12.9. The lowest BCUT2D eigenvalue weighted by atomic mass is 9.70. The molecule has 1 aromatic rings. The molecule has 3 rings (SSSR count). The fraction of sp³-hybridized carbons (Fsp3) is 0.368. The molecule has 136 valence electrons. The summed E-state index contributed by atoms with van der Waals surface area (Å²) in [6, 6.07) is 5.26. The number of carbonyl (C=O) groups excluding carboxylic acids is 1. The minimum atomic E-state index is -0.724. The number of methoxy groups -OCH3 is 1. The molecule has 0 saturated carbocycles. The van der Waals surface area contributed by atoms with E-state index in [9.17, 15) is 10.1 Å². The summed E-state index contributed by atoms with van der Waals surface area (Å²) in [5, 5.41) is 10.3. The van der Waals surface area contributed by atoms with Crippen LogP contribution in [0.15, 0.2) is 34.9 Å². The Bertz CT molecular complexity index is 910. The number of nitriles is 1. The second kappa shape index (κ2) is 6.53. The van der Waals surface area contributed by atoms with Gasteiger partial charge >= 0.3 is 0 Å². The third-order valence-electron chi connectivity index (χ3n) is 4.63. The van der Waals surface area contributed by atoms with E-state index >= 15 is 0 Å². The Kier molecular flexibility index (Phi) is 4.68. The van der Waals surface area contributed by atoms with Crippen molar-refractivity contribution >= 4 is 29.0 Å². The lowest BCUT2D eigenvalue weighted by Gasteiger charge is -2.37. The molecule has 2 aliphatic rings. The smallest absolute Gasteiger partial charge is 0.205 e. The molecule has 1 aromatic carbocycles. The average molecular weight is 393 g/mol. The van der Waals surface area contributed by atoms with Gasteiger partial charge in [-0.05, 0) is 17.5 Å². The molecule has 0 fully saturated rings. The molecule has 0 radical (unpaired) electrons. The van der Waals surface area contributed by atoms with Crippen LogP contribution >= 0.6 is 23.2 Å². The number of Topliss-reactive ketones (excluding diaryl/α,β-unsaturated/α-hetero) is 1. The number of hydrogen-bond donors (Lipinski definition) is 1. The van der Waals surface area contributed by atoms with Crippen molar-refractivity contribution in [2.24, 2.45) is 11.1 Å². The summed E-state index contributed by atoms with van der Waals surface area (Å²) in [6.45, 7) is 3.98. The lowest BCUT2D eigenvalue weighted by Crippen LogP contribution is -2.33. The average Bonchev–Trinajstić information content (AvgIpc) is 2.51. The van der Waals surface area contributed by atoms with Gasteiger partial charge in [-0.25, -0.2) is 0 Å². The van der Waals surface area contributed by atoms with Crippen molar-refractivity contribution < 1.29 is 14.3 Å². The zero-order valence-electron chi connectivity index (χ0n) is 14.7. The SMILES string of the molecule is COc1c(Cl)cc(Cl)cc1[C@H]1C(C#N)=C(N)OC2=C1C(=O)CC(C)(C)C2. The largest absolute Gasteiger partial charge is 0.495 e. The number of carbonyl (C=O) groups is 1. The van der Waals surface area contributed by atoms with Gasteiger partial charge in [0.25, 0.3) is 0 Å². The summed E-state index contributed by atoms with van der Waals surface area (Å²) >= 11 is 12.4. The number of ketones is 1. The summed E-state index contributed by atoms with van der Waals surface area (Å²) in [6.07, 6.45) is 0.890. The summed E-state index contributed by atoms with van der Waals surface area (Å²) < 4.78 is 11.1. The van der Waals surface area contributed by atoms with Crippen LogP contribution in [-0.4, -0.2) is 12.9 Å². The van der Waals surface area contributed by atoms with Crippen LogP contribution in [0.3, 0.4) is 0 Å². The van der Waals surface area contributed by atoms with Gasteiger partial charge in [-0.1, -0.05) is 37.0 Å². The highest BCUT2D eigenvalue weighted by Crippen LogP contribution is 2.50. The number of allylic oxidation sites excluding steroid dienone is 3. The second-order valence-electron chi connectivity index (χ2n) is 7.21. The van der Waals surface area contributed by atoms with Crippen LogP contribution in [0.25, 0.3) is 0 Å². The van der Waals surface area contributed by atoms with Crippen molar-refractivity contribution in [3.8, 4) is 11.8 Å². The highest BCUT2D eigenvalue weighted by Gasteiger charge is 2.44. The van der Waals surface area contributed by atoms with Crippen molar-refractivity contribution in [1.82, 2.24) is 0 Å². The molecule has 2 N–H and O–H groups in total. The number of halogens is 2. The molecule has 1 heterocycles. The van der Waals surface area contributed by atoms with Crippen LogP contribution in [-0.2, 0) is 9.53 Å². The standard InChI is InChI=1S/C19H18Cl2N2O3/c1-19(2)6-13(24)16-14(7-19)26-18(23)11(8-22)15(16)10-4-9(20)5-12(21)17(10)25-3/h4-5,15H,6-7,23H2,1-3H3/t15-/m0/s1. The molecule has 0 aromatic heterocycles. The van der Waals surface area contributed by atoms with Crippen molar-refractivity contribution in [1.29, 1.82) is 5.26 Å². The maximum absolute atomic E-state index is 12.9. The molecule has 1 aliphatic heterocycles. The van der Waals surface area contributed by atoms with Gasteiger partial charge in [0.1, 0.15) is 23.2 Å². The number of hydrogen-bond acceptors (Lipinski definition) is 5. The number of benzene rings is 1. The zero-order valence-corrected chi connectivity index (χ0v) is 16.2. The van der Waals surface area contributed by atoms with Crippen LogP contribution in [0.1, 0.15) is 38.2 Å². The van der Waals surface area contributed by atoms with E-state index in [-0.39, 0.29) is 22.7 Å². The molecule has 1 aliphatic carbocycles. The minimum Gasteiger partial charge on any atom is -0.495 e. The molecule has 0 spiro atoms. The van der Waals surface area contributed by atoms with Crippen LogP contribution < -0.4 is 10.5 Å². The van der Waals surface area contributed by atoms with E-state index in [4.69, 9.17) is 38.4 Å². The molecule has 0 bridgehead atoms. The van der Waals surface area contributed by atoms with Crippen LogP contribution in [0.5, 0.6) is 5.75 Å². The van der Waals surface area contributed by atoms with Crippen LogP contribution in [0.2, 0.25) is 10.0 Å². The monoisotopic (exact) mass is 392 g/mol. The van der Waals surface area contributed by atoms with Crippen molar-refractivity contribution in [3.63, 3.8) is 0 Å². The van der Waals surface area contributed by atoms with Gasteiger partial charge < -0.3 is 15.2 Å². The topological polar surface area (TPSA) is 85.3 Å². The summed E-state index contributed by atoms with van der Waals surface area (Å²) in [5.74, 6) is 0.0250. The molecular formula is C19H18Cl2N2O3. The van der Waals surface area contributed by atoms with E-state index in [1.807, 2.05) is 13.8 Å². The van der Waals surface area contributed by atoms with E-state index in [2.05, 4.69) is 6.07 Å². The zero-order chi connectivity index (χ0) is 19.2. The first-order valence-electron chi connectivity index (χ1n) is 8.05. The first kappa shape index (κ1) is 18.6. The third kappa shape index (κ3) is 3.04. The van der Waals surface area contributed by atoms with E-state index < -0.39 is 5.92 Å². The van der Waals surface area contributed by atoms with Crippen molar-refractivity contribution in [2.45, 2.75) is 32.6 Å². The normalized spacial score (nSPS) is 21.8. The quantitative estimate of drug-likeness (QED) is 0.802. The Morgan fingerprint density at radius 2 is 2.04 bits per heavy atom. The van der Waals surface area contributed by atoms with Crippen LogP contribution in [0.4, 0.5) is 0 Å². The predicted octanol–water partition coefficient (Wildman–Crippen LogP) is 4.45. The number of nitrogens with zero attached hydrogens (tertiary/aromatic N) is 1. The number of nitrogens with two attached hydrogens (primary N) is 1. The highest BCUT2D eigenvalue weighted by atomic mass is 35.5. The maximum atomic E-state index is 12.9. The predicted molar refractivity (Wildman–Crippen MR) is 98.7 cm³/mol. The third-order valence-corrected chi connectivity index (χ3v) is 5.13. The molecule has 7 heteroatoms. The number of ether oxygens (including phenoxy) is 2. The molecule has 1 atom stereocenters. The first-order valence-corrected chi connectivity index (χ1v) is 8.81. The van der Waals surface area contributed by atoms with Crippen LogP contribution in [0, 0.1) is 16.7 Å². The fourth-order valence-electron chi connectivity index (χ4n) is 3.61. The van der Waals surface area contributed by atoms with Gasteiger partial charge in [-0.2, -0.15) is 5.26 Å². The number of rotatable bonds is 2. The Hall–Kier alpha value is -2.16. The molecule has 26 heavy (non-hydrogen) atoms. The van der Waals surface area contributed by atoms with E-state index in [0.717, 1.165) is 0 Å². The first-order chi connectivity index (χ1) is 12.2. The Morgan fingerprint density at radius 1 is 1.35 bits per heavy atom. The summed E-state index contributed by atoms with van der Waals surface area (Å²) in [5.41, 5.74) is 6.85. The Morgan fingerprint density at radius 3 is 2.65 bits per heavy atom. The van der Waals surface area contributed by atoms with Gasteiger partial charge in [0.2, 0.25) is 5.88 Å². The van der Waals surface area contributed by atoms with Gasteiger partial charge in [-0.15, -0.1) is 0 Å². The Balaban J connectivity index is 2.29. The molecule has 0 amide bonds. The molecule has 0 saturated heterocycles. The molecule has 5 nitrogen and oxygen atoms in total. The minimum absolute atomic E-state index is 0.0140. The molecular weight excluding hydrogens is 375 g/mol. The Labute approximate surface area is 162 Å². The second-order valence-corrected chi connectivity index (χ2v) is 8.06. The van der Waals surface area contributed by atoms with Gasteiger partial charge in [0, 0.05) is 29.0 Å². The highest BCUT2D eigenvalue weighted by molar-refractivity contribution is 6.35. The van der Waals surface area contributed by atoms with Crippen molar-refractivity contribution in [2.75, 3.05) is 7.11 Å². The summed E-state index contributed by atoms with van der Waals surface area (Å²) in [7, 11) is 1.47. The van der Waals surface area contributed by atoms with Gasteiger partial charge in [0.15, 0.2) is 5.78 Å². The lowest BCUT2D eigenvalue weighted by molar-refractivity contribution is -0.119. The van der Waals surface area contributed by atoms with Gasteiger partial charge in [-0.3, -0.25) is 4.79 Å². The van der Waals surface area contributed by atoms with E-state index in [1.165, 1.54) is 7.11 Å². The van der Waals surface area contributed by atoms with Gasteiger partial charge in [0.05, 0.1) is 18.1 Å². The van der Waals surface area contributed by atoms with E-state index in [1.54, 1.807) is 12.1 Å². The maximum Gasteiger partial charge on any atom is 0.205 e. The fourth-order valence-corrected chi connectivity index (χ4v) is 4.19. The molecule has 0 unspecified atom stereocenters. The van der Waals surface area contributed by atoms with E-state index in [0.29, 0.717) is 45.5 Å².